The summed E-state index contributed by atoms with van der Waals surface area (Å²) in [5.41, 5.74) is 9.29. The summed E-state index contributed by atoms with van der Waals surface area (Å²) in [5, 5.41) is 7.85. The van der Waals surface area contributed by atoms with Crippen LogP contribution in [0.2, 0.25) is 5.02 Å². The third-order valence-corrected chi connectivity index (χ3v) is 3.55. The molecule has 4 nitrogen and oxygen atoms in total. The molecule has 2 aromatic carbocycles. The molecule has 1 heterocycles. The molecule has 3 N–H and O–H groups in total. The van der Waals surface area contributed by atoms with E-state index in [-0.39, 0.29) is 6.04 Å². The number of aromatic amines is 1. The van der Waals surface area contributed by atoms with Crippen molar-refractivity contribution in [1.29, 1.82) is 0 Å². The Morgan fingerprint density at radius 2 is 1.90 bits per heavy atom. The Kier molecular flexibility index (Phi) is 3.73. The second-order valence-corrected chi connectivity index (χ2v) is 5.38. The Morgan fingerprint density at radius 1 is 1.14 bits per heavy atom. The largest absolute Gasteiger partial charge is 0.318 e. The van der Waals surface area contributed by atoms with Gasteiger partial charge in [0.1, 0.15) is 5.82 Å². The molecule has 5 heteroatoms. The summed E-state index contributed by atoms with van der Waals surface area (Å²) < 4.78 is 0. The summed E-state index contributed by atoms with van der Waals surface area (Å²) in [6, 6.07) is 15.1. The summed E-state index contributed by atoms with van der Waals surface area (Å²) in [6.07, 6.45) is 0. The number of nitrogens with two attached hydrogens (primary N) is 1. The van der Waals surface area contributed by atoms with E-state index < -0.39 is 0 Å². The maximum absolute atomic E-state index is 6.21. The molecule has 21 heavy (non-hydrogen) atoms. The van der Waals surface area contributed by atoms with Crippen molar-refractivity contribution in [2.45, 2.75) is 13.0 Å². The standard InChI is InChI=1S/C16H15ClN4/c1-10-3-2-4-12(9-10)15-19-16(21-20-15)14(18)11-5-7-13(17)8-6-11/h2-9,14H,18H2,1H3,(H,19,20,21). The molecule has 0 aliphatic heterocycles. The number of benzene rings is 2. The van der Waals surface area contributed by atoms with Gasteiger partial charge in [-0.3, -0.25) is 5.10 Å². The number of aromatic nitrogens is 3. The van der Waals surface area contributed by atoms with Crippen molar-refractivity contribution >= 4 is 11.6 Å². The van der Waals surface area contributed by atoms with Gasteiger partial charge in [-0.2, -0.15) is 5.10 Å². The van der Waals surface area contributed by atoms with Crippen LogP contribution in [0.5, 0.6) is 0 Å². The van der Waals surface area contributed by atoms with Gasteiger partial charge in [0.2, 0.25) is 0 Å². The van der Waals surface area contributed by atoms with E-state index in [2.05, 4.69) is 15.2 Å². The molecule has 0 saturated carbocycles. The molecule has 0 bridgehead atoms. The van der Waals surface area contributed by atoms with Crippen molar-refractivity contribution in [3.05, 3.63) is 70.5 Å². The zero-order valence-electron chi connectivity index (χ0n) is 11.5. The van der Waals surface area contributed by atoms with Crippen molar-refractivity contribution < 1.29 is 0 Å². The van der Waals surface area contributed by atoms with E-state index in [1.165, 1.54) is 5.56 Å². The van der Waals surface area contributed by atoms with Gasteiger partial charge in [-0.05, 0) is 30.7 Å². The highest BCUT2D eigenvalue weighted by Crippen LogP contribution is 2.21. The number of nitrogens with one attached hydrogen (secondary N) is 1. The molecule has 3 aromatic rings. The Morgan fingerprint density at radius 3 is 2.62 bits per heavy atom. The number of H-pyrrole nitrogens is 1. The first-order chi connectivity index (χ1) is 10.1. The minimum Gasteiger partial charge on any atom is -0.318 e. The number of aryl methyl sites for hydroxylation is 1. The lowest BCUT2D eigenvalue weighted by molar-refractivity contribution is 0.787. The van der Waals surface area contributed by atoms with Gasteiger partial charge in [-0.25, -0.2) is 4.98 Å². The van der Waals surface area contributed by atoms with Gasteiger partial charge in [-0.1, -0.05) is 47.5 Å². The molecule has 3 rings (SSSR count). The molecule has 106 valence electrons. The smallest absolute Gasteiger partial charge is 0.181 e. The first-order valence-corrected chi connectivity index (χ1v) is 7.01. The van der Waals surface area contributed by atoms with Crippen LogP contribution < -0.4 is 5.73 Å². The van der Waals surface area contributed by atoms with Gasteiger partial charge in [-0.15, -0.1) is 0 Å². The lowest BCUT2D eigenvalue weighted by Gasteiger charge is -2.08. The molecule has 0 aliphatic carbocycles. The maximum atomic E-state index is 6.21. The van der Waals surface area contributed by atoms with E-state index in [1.807, 2.05) is 55.5 Å². The van der Waals surface area contributed by atoms with E-state index in [1.54, 1.807) is 0 Å². The second kappa shape index (κ2) is 5.68. The molecule has 1 atom stereocenters. The highest BCUT2D eigenvalue weighted by atomic mass is 35.5. The SMILES string of the molecule is Cc1cccc(-c2n[nH]c(C(N)c3ccc(Cl)cc3)n2)c1. The van der Waals surface area contributed by atoms with Crippen molar-refractivity contribution in [2.75, 3.05) is 0 Å². The van der Waals surface area contributed by atoms with Gasteiger partial charge in [0, 0.05) is 10.6 Å². The van der Waals surface area contributed by atoms with Crippen LogP contribution in [0.15, 0.2) is 48.5 Å². The number of nitrogens with zero attached hydrogens (tertiary/aromatic N) is 2. The lowest BCUT2D eigenvalue weighted by Crippen LogP contribution is -2.13. The fraction of sp³-hybridized carbons (Fsp3) is 0.125. The van der Waals surface area contributed by atoms with E-state index in [4.69, 9.17) is 17.3 Å². The first kappa shape index (κ1) is 13.8. The monoisotopic (exact) mass is 298 g/mol. The van der Waals surface area contributed by atoms with Crippen molar-refractivity contribution in [1.82, 2.24) is 15.2 Å². The summed E-state index contributed by atoms with van der Waals surface area (Å²) in [6.45, 7) is 2.04. The fourth-order valence-electron chi connectivity index (χ4n) is 2.15. The maximum Gasteiger partial charge on any atom is 0.181 e. The molecule has 1 unspecified atom stereocenters. The molecule has 0 aliphatic rings. The lowest BCUT2D eigenvalue weighted by atomic mass is 10.1. The summed E-state index contributed by atoms with van der Waals surface area (Å²) >= 11 is 5.88. The molecule has 0 amide bonds. The van der Waals surface area contributed by atoms with Gasteiger partial charge in [0.05, 0.1) is 6.04 Å². The average Bonchev–Trinajstić information content (AvgIpc) is 2.97. The van der Waals surface area contributed by atoms with Gasteiger partial charge >= 0.3 is 0 Å². The van der Waals surface area contributed by atoms with Crippen molar-refractivity contribution in [2.24, 2.45) is 5.73 Å². The fourth-order valence-corrected chi connectivity index (χ4v) is 2.28. The third-order valence-electron chi connectivity index (χ3n) is 3.30. The van der Waals surface area contributed by atoms with Gasteiger partial charge < -0.3 is 5.73 Å². The predicted molar refractivity (Wildman–Crippen MR) is 84.0 cm³/mol. The Hall–Kier alpha value is -2.17. The highest BCUT2D eigenvalue weighted by Gasteiger charge is 2.14. The number of halogens is 1. The Labute approximate surface area is 128 Å². The minimum absolute atomic E-state index is 0.353. The van der Waals surface area contributed by atoms with Crippen LogP contribution in [0, 0.1) is 6.92 Å². The molecule has 0 fully saturated rings. The zero-order valence-corrected chi connectivity index (χ0v) is 12.3. The van der Waals surface area contributed by atoms with Crippen LogP contribution in [-0.2, 0) is 0 Å². The van der Waals surface area contributed by atoms with Crippen molar-refractivity contribution in [3.8, 4) is 11.4 Å². The predicted octanol–water partition coefficient (Wildman–Crippen LogP) is 3.48. The Bertz CT molecular complexity index is 749. The zero-order chi connectivity index (χ0) is 14.8. The van der Waals surface area contributed by atoms with Crippen LogP contribution in [0.25, 0.3) is 11.4 Å². The quantitative estimate of drug-likeness (QED) is 0.778. The topological polar surface area (TPSA) is 67.6 Å². The van der Waals surface area contributed by atoms with Crippen LogP contribution in [0.1, 0.15) is 23.0 Å². The summed E-state index contributed by atoms with van der Waals surface area (Å²) in [4.78, 5) is 4.50. The second-order valence-electron chi connectivity index (χ2n) is 4.94. The van der Waals surface area contributed by atoms with E-state index in [0.29, 0.717) is 16.7 Å². The third kappa shape index (κ3) is 2.96. The molecule has 1 aromatic heterocycles. The highest BCUT2D eigenvalue weighted by molar-refractivity contribution is 6.30. The number of hydrogen-bond acceptors (Lipinski definition) is 3. The van der Waals surface area contributed by atoms with E-state index >= 15 is 0 Å². The minimum atomic E-state index is -0.353. The van der Waals surface area contributed by atoms with E-state index in [0.717, 1.165) is 11.1 Å². The van der Waals surface area contributed by atoms with Crippen LogP contribution in [0.3, 0.4) is 0 Å². The van der Waals surface area contributed by atoms with Crippen molar-refractivity contribution in [3.63, 3.8) is 0 Å². The Balaban J connectivity index is 1.89. The summed E-state index contributed by atoms with van der Waals surface area (Å²) in [5.74, 6) is 1.28. The average molecular weight is 299 g/mol. The van der Waals surface area contributed by atoms with Gasteiger partial charge in [0.25, 0.3) is 0 Å². The molecule has 0 radical (unpaired) electrons. The number of rotatable bonds is 3. The van der Waals surface area contributed by atoms with Crippen LogP contribution in [-0.4, -0.2) is 15.2 Å². The molecular formula is C16H15ClN4. The molecule has 0 spiro atoms. The van der Waals surface area contributed by atoms with Crippen LogP contribution in [0.4, 0.5) is 0 Å². The first-order valence-electron chi connectivity index (χ1n) is 6.64. The normalized spacial score (nSPS) is 12.3. The van der Waals surface area contributed by atoms with E-state index in [9.17, 15) is 0 Å². The number of hydrogen-bond donors (Lipinski definition) is 2. The molecular weight excluding hydrogens is 284 g/mol. The molecule has 0 saturated heterocycles. The van der Waals surface area contributed by atoms with Gasteiger partial charge in [0.15, 0.2) is 5.82 Å². The van der Waals surface area contributed by atoms with Crippen LogP contribution >= 0.6 is 11.6 Å². The summed E-state index contributed by atoms with van der Waals surface area (Å²) in [7, 11) is 0.